The Morgan fingerprint density at radius 1 is 0.449 bits per heavy atom. The summed E-state index contributed by atoms with van der Waals surface area (Å²) in [5.74, 6) is 1.57. The molecule has 0 fully saturated rings. The molecule has 0 saturated carbocycles. The van der Waals surface area contributed by atoms with Gasteiger partial charge in [0.05, 0.1) is 59.4 Å². The summed E-state index contributed by atoms with van der Waals surface area (Å²) in [6.07, 6.45) is 10.3. The Balaban J connectivity index is 0.000000217. The molecule has 0 atom stereocenters. The van der Waals surface area contributed by atoms with Gasteiger partial charge in [0.25, 0.3) is 16.7 Å². The Hall–Kier alpha value is -10.5. The smallest absolute Gasteiger partial charge is 0.266 e. The van der Waals surface area contributed by atoms with Gasteiger partial charge in [-0.15, -0.1) is 0 Å². The molecule has 0 saturated heterocycles. The first-order valence-electron chi connectivity index (χ1n) is 28.3. The largest absolute Gasteiger partial charge is 0.391 e. The zero-order chi connectivity index (χ0) is 62.6. The lowest BCUT2D eigenvalue weighted by atomic mass is 10.1. The third kappa shape index (κ3) is 14.7. The predicted octanol–water partition coefficient (Wildman–Crippen LogP) is 11.2. The van der Waals surface area contributed by atoms with Crippen molar-refractivity contribution in [2.24, 2.45) is 0 Å². The van der Waals surface area contributed by atoms with Crippen molar-refractivity contribution in [2.75, 3.05) is 21.1 Å². The lowest BCUT2D eigenvalue weighted by Crippen LogP contribution is -2.11. The van der Waals surface area contributed by atoms with Crippen LogP contribution in [0, 0.1) is 20.8 Å². The molecule has 22 nitrogen and oxygen atoms in total. The topological polar surface area (TPSA) is 310 Å². The van der Waals surface area contributed by atoms with Crippen molar-refractivity contribution in [2.45, 2.75) is 60.4 Å². The number of benzene rings is 3. The van der Waals surface area contributed by atoms with Crippen LogP contribution in [0.2, 0.25) is 5.02 Å². The lowest BCUT2D eigenvalue weighted by Gasteiger charge is -2.06. The number of pyridine rings is 3. The molecule has 12 aromatic rings. The average molecular weight is 1220 g/mol. The Kier molecular flexibility index (Phi) is 19.6. The number of H-pyrrole nitrogens is 3. The van der Waals surface area contributed by atoms with Crippen LogP contribution in [-0.2, 0) is 32.7 Å². The van der Waals surface area contributed by atoms with Gasteiger partial charge in [0.1, 0.15) is 39.2 Å². The Bertz CT molecular complexity index is 4420. The summed E-state index contributed by atoms with van der Waals surface area (Å²) in [5.41, 5.74) is 16.6. The number of aryl methyl sites for hydroxylation is 4. The highest BCUT2D eigenvalue weighted by Gasteiger charge is 2.19. The van der Waals surface area contributed by atoms with Crippen molar-refractivity contribution in [1.82, 2.24) is 76.3 Å². The number of nitrogens with one attached hydrogen (secondary N) is 6. The minimum atomic E-state index is -0.353. The minimum absolute atomic E-state index is 0. The average Bonchev–Trinajstić information content (AvgIpc) is 2.35. The van der Waals surface area contributed by atoms with E-state index in [0.717, 1.165) is 59.0 Å². The molecule has 0 amide bonds. The van der Waals surface area contributed by atoms with Crippen molar-refractivity contribution in [3.63, 3.8) is 0 Å². The molecule has 7 N–H and O–H groups in total. The molecule has 0 unspecified atom stereocenters. The second kappa shape index (κ2) is 28.3. The fraction of sp³-hybridized carbons (Fsp3) is 0.182. The van der Waals surface area contributed by atoms with Gasteiger partial charge >= 0.3 is 0 Å². The Labute approximate surface area is 520 Å². The van der Waals surface area contributed by atoms with E-state index in [0.29, 0.717) is 91.6 Å². The zero-order valence-electron chi connectivity index (χ0n) is 49.7. The molecule has 9 aromatic heterocycles. The number of hydrogen-bond acceptors (Lipinski definition) is 19. The molecule has 89 heavy (non-hydrogen) atoms. The first kappa shape index (κ1) is 61.6. The van der Waals surface area contributed by atoms with Crippen LogP contribution >= 0.6 is 11.6 Å². The number of hydrogen-bond donors (Lipinski definition) is 7. The summed E-state index contributed by atoms with van der Waals surface area (Å²) in [7, 11) is 5.74. The maximum atomic E-state index is 11.9. The molecule has 0 aliphatic heterocycles. The van der Waals surface area contributed by atoms with E-state index in [4.69, 9.17) is 30.2 Å². The van der Waals surface area contributed by atoms with E-state index in [1.807, 2.05) is 134 Å². The fourth-order valence-corrected chi connectivity index (χ4v) is 9.54. The van der Waals surface area contributed by atoms with E-state index in [1.54, 1.807) is 49.3 Å². The van der Waals surface area contributed by atoms with Crippen LogP contribution < -0.4 is 32.6 Å². The van der Waals surface area contributed by atoms with Gasteiger partial charge in [-0.2, -0.15) is 0 Å². The van der Waals surface area contributed by atoms with Gasteiger partial charge in [-0.1, -0.05) is 107 Å². The summed E-state index contributed by atoms with van der Waals surface area (Å²) < 4.78 is 16.7. The van der Waals surface area contributed by atoms with Crippen molar-refractivity contribution in [1.29, 1.82) is 0 Å². The Morgan fingerprint density at radius 2 is 0.775 bits per heavy atom. The van der Waals surface area contributed by atoms with Crippen molar-refractivity contribution < 1.29 is 24.4 Å². The maximum absolute atomic E-state index is 11.9. The van der Waals surface area contributed by atoms with Crippen LogP contribution in [0.15, 0.2) is 174 Å². The maximum Gasteiger partial charge on any atom is 0.266 e. The number of aliphatic hydroxyl groups excluding tert-OH is 1. The third-order valence-electron chi connectivity index (χ3n) is 14.2. The number of aliphatic hydroxyl groups is 1. The first-order valence-corrected chi connectivity index (χ1v) is 28.7. The van der Waals surface area contributed by atoms with Gasteiger partial charge < -0.3 is 49.6 Å². The monoisotopic (exact) mass is 1220 g/mol. The van der Waals surface area contributed by atoms with Crippen LogP contribution in [0.25, 0.3) is 102 Å². The first-order chi connectivity index (χ1) is 43.2. The fourth-order valence-electron chi connectivity index (χ4n) is 9.37. The molecule has 9 heterocycles. The number of halogens is 1. The van der Waals surface area contributed by atoms with Crippen molar-refractivity contribution >= 4 is 11.6 Å². The molecule has 12 rings (SSSR count). The Morgan fingerprint density at radius 3 is 1.10 bits per heavy atom. The standard InChI is InChI=1S/C23H23N5O2.C22H21N5O3.C21H18ClN5O2.4H2/c1-4-16-9-18(12-26-23(16)29)20-13-25-14(2)22(27-20)21-10-19(28-30-21)17-7-5-15(6-8-17)11-24-3;1-13-21(26-19(11-24-13)16-7-17(12-28)22(29)25-10-16)20-8-18(27-30-20)15-5-3-14(4-6-15)9-23-2;1-12-20(26-18(11-24-12)15-7-16(22)21(28)25-10-15)19-8-17(27-29-19)14-5-3-13(4-6-14)9-23-2;;;;/h5-10,12-13,24H,4,11H2,1-3H3,(H,26,29);3-8,10-11,23,28H,9,12H2,1-2H3,(H,25,29);3-8,10-11,23H,9H2,1-2H3,(H,25,28);4*1H. The number of aromatic nitrogens is 12. The number of aromatic amines is 3. The molecule has 0 spiro atoms. The van der Waals surface area contributed by atoms with Crippen molar-refractivity contribution in [3.8, 4) is 102 Å². The van der Waals surface area contributed by atoms with Crippen LogP contribution in [-0.4, -0.2) is 86.6 Å². The van der Waals surface area contributed by atoms with Crippen LogP contribution in [0.3, 0.4) is 0 Å². The summed E-state index contributed by atoms with van der Waals surface area (Å²) >= 11 is 5.93. The third-order valence-corrected chi connectivity index (χ3v) is 14.5. The van der Waals surface area contributed by atoms with Gasteiger partial charge in [0.15, 0.2) is 17.3 Å². The molecule has 3 aromatic carbocycles. The van der Waals surface area contributed by atoms with Gasteiger partial charge in [0.2, 0.25) is 0 Å². The molecule has 23 heteroatoms. The van der Waals surface area contributed by atoms with Gasteiger partial charge in [-0.05, 0) is 83.2 Å². The summed E-state index contributed by atoms with van der Waals surface area (Å²) in [6, 6.07) is 34.9. The van der Waals surface area contributed by atoms with E-state index in [2.05, 4.69) is 83.4 Å². The van der Waals surface area contributed by atoms with E-state index >= 15 is 0 Å². The van der Waals surface area contributed by atoms with E-state index in [9.17, 15) is 19.5 Å². The van der Waals surface area contributed by atoms with Gasteiger partial charge in [0, 0.05) is 107 Å². The van der Waals surface area contributed by atoms with Crippen LogP contribution in [0.5, 0.6) is 0 Å². The molecular weight excluding hydrogens is 1150 g/mol. The lowest BCUT2D eigenvalue weighted by molar-refractivity contribution is 0.280. The van der Waals surface area contributed by atoms with Crippen LogP contribution in [0.1, 0.15) is 57.5 Å². The second-order valence-electron chi connectivity index (χ2n) is 20.5. The number of nitrogens with zero attached hydrogens (tertiary/aromatic N) is 9. The molecule has 0 radical (unpaired) electrons. The second-order valence-corrected chi connectivity index (χ2v) is 20.9. The molecule has 458 valence electrons. The van der Waals surface area contributed by atoms with Crippen LogP contribution in [0.4, 0.5) is 0 Å². The highest BCUT2D eigenvalue weighted by molar-refractivity contribution is 6.30. The highest BCUT2D eigenvalue weighted by atomic mass is 35.5. The molecule has 0 aliphatic rings. The van der Waals surface area contributed by atoms with E-state index in [-0.39, 0.29) is 39.6 Å². The van der Waals surface area contributed by atoms with Gasteiger partial charge in [-0.25, -0.2) is 15.0 Å². The van der Waals surface area contributed by atoms with Gasteiger partial charge in [-0.3, -0.25) is 29.3 Å². The molecule has 0 bridgehead atoms. The molecule has 0 aliphatic carbocycles. The number of rotatable bonds is 17. The predicted molar refractivity (Wildman–Crippen MR) is 348 cm³/mol. The van der Waals surface area contributed by atoms with E-state index in [1.165, 1.54) is 16.7 Å². The van der Waals surface area contributed by atoms with Crippen molar-refractivity contribution in [3.05, 3.63) is 227 Å². The molecular formula is C66H70ClN15O7. The SMILES string of the molecule is CCc1cc(-c2cnc(C)c(-c3cc(-c4ccc(CNC)cc4)no3)n2)c[nH]c1=O.CNCc1ccc(-c2cc(-c3nc(-c4c[nH]c(=O)c(CO)c4)cnc3C)on2)cc1.CNCc1ccc(-c2cc(-c3nc(-c4c[nH]c(=O)c(Cl)c4)cnc3C)on2)cc1.[HH].[HH].[HH].[HH]. The summed E-state index contributed by atoms with van der Waals surface area (Å²) in [6.45, 7) is 9.58. The zero-order valence-corrected chi connectivity index (χ0v) is 50.4. The summed E-state index contributed by atoms with van der Waals surface area (Å²) in [4.78, 5) is 70.3. The summed E-state index contributed by atoms with van der Waals surface area (Å²) in [5, 5.41) is 31.4. The highest BCUT2D eigenvalue weighted by Crippen LogP contribution is 2.32. The normalized spacial score (nSPS) is 11.0. The quantitative estimate of drug-likeness (QED) is 0.0445. The minimum Gasteiger partial charge on any atom is -0.391 e. The van der Waals surface area contributed by atoms with E-state index < -0.39 is 0 Å².